The van der Waals surface area contributed by atoms with E-state index in [4.69, 9.17) is 4.74 Å². The first-order chi connectivity index (χ1) is 15.0. The van der Waals surface area contributed by atoms with Gasteiger partial charge in [0.15, 0.2) is 0 Å². The van der Waals surface area contributed by atoms with E-state index in [1.807, 2.05) is 0 Å². The number of fused-ring (bicyclic) bond motifs is 2. The van der Waals surface area contributed by atoms with E-state index in [0.717, 1.165) is 30.3 Å². The zero-order valence-corrected chi connectivity index (χ0v) is 22.2. The first kappa shape index (κ1) is 27.2. The van der Waals surface area contributed by atoms with Crippen molar-refractivity contribution >= 4 is 0 Å². The summed E-state index contributed by atoms with van der Waals surface area (Å²) in [5, 5.41) is 0. The Morgan fingerprint density at radius 1 is 0.742 bits per heavy atom. The Morgan fingerprint density at radius 3 is 1.90 bits per heavy atom. The molecule has 2 bridgehead atoms. The van der Waals surface area contributed by atoms with E-state index in [0.29, 0.717) is 11.5 Å². The Labute approximate surface area is 196 Å². The van der Waals surface area contributed by atoms with Gasteiger partial charge in [0.1, 0.15) is 0 Å². The molecule has 1 nitrogen and oxygen atoms in total. The molecule has 4 fully saturated rings. The number of ether oxygens (including phenoxy) is 1. The fourth-order valence-corrected chi connectivity index (χ4v) is 6.86. The van der Waals surface area contributed by atoms with Crippen LogP contribution < -0.4 is 0 Å². The van der Waals surface area contributed by atoms with E-state index in [1.165, 1.54) is 116 Å². The van der Waals surface area contributed by atoms with Crippen molar-refractivity contribution in [1.82, 2.24) is 0 Å². The van der Waals surface area contributed by atoms with Crippen LogP contribution in [-0.2, 0) is 4.74 Å². The van der Waals surface area contributed by atoms with E-state index in [-0.39, 0.29) is 0 Å². The van der Waals surface area contributed by atoms with E-state index >= 15 is 0 Å². The maximum Gasteiger partial charge on any atom is 0.0603 e. The molecule has 0 N–H and O–H groups in total. The van der Waals surface area contributed by atoms with Gasteiger partial charge in [-0.1, -0.05) is 112 Å². The molecule has 3 saturated carbocycles. The average molecular weight is 435 g/mol. The highest BCUT2D eigenvalue weighted by Crippen LogP contribution is 2.61. The Kier molecular flexibility index (Phi) is 13.1. The minimum Gasteiger partial charge on any atom is -0.378 e. The molecule has 1 saturated heterocycles. The van der Waals surface area contributed by atoms with Gasteiger partial charge in [-0.15, -0.1) is 0 Å². The van der Waals surface area contributed by atoms with Crippen LogP contribution in [0.4, 0.5) is 0 Å². The summed E-state index contributed by atoms with van der Waals surface area (Å²) in [6.45, 7) is 13.0. The van der Waals surface area contributed by atoms with Crippen LogP contribution >= 0.6 is 0 Å². The zero-order chi connectivity index (χ0) is 22.5. The minimum absolute atomic E-state index is 0.594. The Bertz CT molecular complexity index is 440. The standard InChI is InChI=1S/C20H40O.C10H18/c1-3-5-7-9-11-13-17-20-19(16-14-18-21-20)15-12-10-8-6-4-2;1-7-4-5-8-6-9(7)10(8,2)3/h19-20H,3-18H2,1-2H3;7-9H,4-6H2,1-3H3/t19-,20+;/m0./s1. The van der Waals surface area contributed by atoms with Crippen molar-refractivity contribution in [2.75, 3.05) is 6.61 Å². The highest BCUT2D eigenvalue weighted by atomic mass is 16.5. The molecule has 1 aliphatic heterocycles. The van der Waals surface area contributed by atoms with Gasteiger partial charge in [-0.3, -0.25) is 0 Å². The predicted molar refractivity (Wildman–Crippen MR) is 138 cm³/mol. The molecule has 3 unspecified atom stereocenters. The quantitative estimate of drug-likeness (QED) is 0.262. The third-order valence-corrected chi connectivity index (χ3v) is 9.30. The molecule has 4 rings (SSSR count). The minimum atomic E-state index is 0.594. The van der Waals surface area contributed by atoms with Crippen molar-refractivity contribution in [3.63, 3.8) is 0 Å². The Hall–Kier alpha value is -0.0400. The van der Waals surface area contributed by atoms with Crippen LogP contribution in [0.3, 0.4) is 0 Å². The summed E-state index contributed by atoms with van der Waals surface area (Å²) in [5.74, 6) is 4.02. The lowest BCUT2D eigenvalue weighted by Crippen LogP contribution is -2.51. The van der Waals surface area contributed by atoms with Gasteiger partial charge in [0, 0.05) is 6.61 Å². The average Bonchev–Trinajstić information content (AvgIpc) is 2.77. The molecular weight excluding hydrogens is 376 g/mol. The van der Waals surface area contributed by atoms with E-state index in [2.05, 4.69) is 34.6 Å². The van der Waals surface area contributed by atoms with Crippen LogP contribution in [0.2, 0.25) is 0 Å². The lowest BCUT2D eigenvalue weighted by molar-refractivity contribution is -0.0988. The third kappa shape index (κ3) is 9.02. The van der Waals surface area contributed by atoms with Crippen molar-refractivity contribution in [2.24, 2.45) is 29.1 Å². The summed E-state index contributed by atoms with van der Waals surface area (Å²) in [7, 11) is 0. The normalized spacial score (nSPS) is 31.5. The summed E-state index contributed by atoms with van der Waals surface area (Å²) in [6.07, 6.45) is 26.1. The monoisotopic (exact) mass is 434 g/mol. The van der Waals surface area contributed by atoms with Gasteiger partial charge >= 0.3 is 0 Å². The molecule has 5 atom stereocenters. The maximum absolute atomic E-state index is 6.10. The van der Waals surface area contributed by atoms with Crippen LogP contribution in [0.1, 0.15) is 150 Å². The van der Waals surface area contributed by atoms with Gasteiger partial charge in [0.25, 0.3) is 0 Å². The molecule has 0 spiro atoms. The molecule has 1 heterocycles. The van der Waals surface area contributed by atoms with Crippen LogP contribution in [-0.4, -0.2) is 12.7 Å². The van der Waals surface area contributed by atoms with Crippen LogP contribution in [0.25, 0.3) is 0 Å². The molecular formula is C30H58O. The van der Waals surface area contributed by atoms with Crippen molar-refractivity contribution in [3.8, 4) is 0 Å². The number of unbranched alkanes of at least 4 members (excludes halogenated alkanes) is 9. The van der Waals surface area contributed by atoms with E-state index < -0.39 is 0 Å². The zero-order valence-electron chi connectivity index (χ0n) is 22.2. The second-order valence-electron chi connectivity index (χ2n) is 12.0. The maximum atomic E-state index is 6.10. The SMILES string of the molecule is CC1CCC2CC1C2(C)C.CCCCCCCC[C@H]1OCCC[C@@H]1CCCCCCC. The first-order valence-corrected chi connectivity index (χ1v) is 14.6. The third-order valence-electron chi connectivity index (χ3n) is 9.30. The van der Waals surface area contributed by atoms with Gasteiger partial charge in [-0.05, 0) is 67.6 Å². The van der Waals surface area contributed by atoms with Crippen molar-refractivity contribution in [2.45, 2.75) is 156 Å². The molecule has 184 valence electrons. The summed E-state index contributed by atoms with van der Waals surface area (Å²) < 4.78 is 6.10. The molecule has 0 amide bonds. The number of hydrogen-bond acceptors (Lipinski definition) is 1. The predicted octanol–water partition coefficient (Wildman–Crippen LogP) is 9.97. The fourth-order valence-electron chi connectivity index (χ4n) is 6.86. The van der Waals surface area contributed by atoms with Gasteiger partial charge in [-0.25, -0.2) is 0 Å². The Morgan fingerprint density at radius 2 is 1.35 bits per heavy atom. The summed E-state index contributed by atoms with van der Waals surface area (Å²) in [6, 6.07) is 0. The van der Waals surface area contributed by atoms with Crippen molar-refractivity contribution < 1.29 is 4.74 Å². The molecule has 0 aromatic heterocycles. The Balaban J connectivity index is 0.000000280. The largest absolute Gasteiger partial charge is 0.378 e. The molecule has 1 heteroatoms. The molecule has 31 heavy (non-hydrogen) atoms. The molecule has 3 aliphatic carbocycles. The molecule has 0 radical (unpaired) electrons. The lowest BCUT2D eigenvalue weighted by Gasteiger charge is -2.59. The summed E-state index contributed by atoms with van der Waals surface area (Å²) in [4.78, 5) is 0. The molecule has 0 aromatic rings. The molecule has 4 aliphatic rings. The van der Waals surface area contributed by atoms with Crippen LogP contribution in [0.15, 0.2) is 0 Å². The smallest absolute Gasteiger partial charge is 0.0603 e. The van der Waals surface area contributed by atoms with Gasteiger partial charge in [-0.2, -0.15) is 0 Å². The van der Waals surface area contributed by atoms with Gasteiger partial charge < -0.3 is 4.74 Å². The highest BCUT2D eigenvalue weighted by molar-refractivity contribution is 5.01. The first-order valence-electron chi connectivity index (χ1n) is 14.6. The van der Waals surface area contributed by atoms with Crippen molar-refractivity contribution in [3.05, 3.63) is 0 Å². The number of rotatable bonds is 13. The van der Waals surface area contributed by atoms with E-state index in [1.54, 1.807) is 0 Å². The molecule has 0 aromatic carbocycles. The second kappa shape index (κ2) is 15.0. The summed E-state index contributed by atoms with van der Waals surface area (Å²) in [5.41, 5.74) is 0.706. The van der Waals surface area contributed by atoms with Crippen molar-refractivity contribution in [1.29, 1.82) is 0 Å². The fraction of sp³-hybridized carbons (Fsp3) is 1.00. The lowest BCUT2D eigenvalue weighted by atomic mass is 9.46. The highest BCUT2D eigenvalue weighted by Gasteiger charge is 2.52. The summed E-state index contributed by atoms with van der Waals surface area (Å²) >= 11 is 0. The van der Waals surface area contributed by atoms with E-state index in [9.17, 15) is 0 Å². The number of hydrogen-bond donors (Lipinski definition) is 0. The topological polar surface area (TPSA) is 9.23 Å². The van der Waals surface area contributed by atoms with Gasteiger partial charge in [0.2, 0.25) is 0 Å². The van der Waals surface area contributed by atoms with Gasteiger partial charge in [0.05, 0.1) is 6.10 Å². The second-order valence-corrected chi connectivity index (χ2v) is 12.0. The van der Waals surface area contributed by atoms with Crippen LogP contribution in [0.5, 0.6) is 0 Å². The van der Waals surface area contributed by atoms with Crippen LogP contribution in [0, 0.1) is 29.1 Å².